The van der Waals surface area contributed by atoms with Crippen molar-refractivity contribution in [2.75, 3.05) is 45.8 Å². The van der Waals surface area contributed by atoms with E-state index in [9.17, 15) is 4.79 Å². The van der Waals surface area contributed by atoms with Gasteiger partial charge in [-0.15, -0.1) is 5.10 Å². The van der Waals surface area contributed by atoms with Crippen LogP contribution in [-0.4, -0.2) is 87.5 Å². The normalized spacial score (nSPS) is 22.5. The minimum Gasteiger partial charge on any atom is -0.338 e. The number of carbonyl (C=O) groups is 1. The molecule has 0 unspecified atom stereocenters. The van der Waals surface area contributed by atoms with Crippen molar-refractivity contribution in [1.29, 1.82) is 0 Å². The van der Waals surface area contributed by atoms with Gasteiger partial charge in [0, 0.05) is 32.2 Å². The Bertz CT molecular complexity index is 606. The Labute approximate surface area is 170 Å². The van der Waals surface area contributed by atoms with Gasteiger partial charge in [0.2, 0.25) is 0 Å². The van der Waals surface area contributed by atoms with Crippen LogP contribution in [0.2, 0.25) is 0 Å². The molecule has 7 nitrogen and oxygen atoms in total. The van der Waals surface area contributed by atoms with Crippen LogP contribution in [0.25, 0.3) is 0 Å². The first-order chi connectivity index (χ1) is 13.6. The SMILES string of the molecule is CCCN1CCC(N2CCC[C@H](Cn3cc(C(=O)N(CC)CC)nn3)C2)CC1. The Kier molecular flexibility index (Phi) is 7.85. The highest BCUT2D eigenvalue weighted by Gasteiger charge is 2.29. The highest BCUT2D eigenvalue weighted by molar-refractivity contribution is 5.91. The summed E-state index contributed by atoms with van der Waals surface area (Å²) in [5.41, 5.74) is 0.472. The Morgan fingerprint density at radius 2 is 1.89 bits per heavy atom. The first-order valence-corrected chi connectivity index (χ1v) is 11.3. The molecule has 1 aromatic rings. The molecule has 2 aliphatic rings. The van der Waals surface area contributed by atoms with Crippen LogP contribution in [0.3, 0.4) is 0 Å². The number of aromatic nitrogens is 3. The molecule has 2 saturated heterocycles. The zero-order valence-corrected chi connectivity index (χ0v) is 18.0. The second kappa shape index (κ2) is 10.3. The zero-order valence-electron chi connectivity index (χ0n) is 18.0. The molecule has 0 spiro atoms. The van der Waals surface area contributed by atoms with E-state index in [0.29, 0.717) is 24.7 Å². The van der Waals surface area contributed by atoms with E-state index in [2.05, 4.69) is 27.0 Å². The van der Waals surface area contributed by atoms with Gasteiger partial charge >= 0.3 is 0 Å². The molecule has 0 saturated carbocycles. The molecule has 1 atom stereocenters. The van der Waals surface area contributed by atoms with Gasteiger partial charge in [0.25, 0.3) is 5.91 Å². The summed E-state index contributed by atoms with van der Waals surface area (Å²) in [6.07, 6.45) is 8.21. The monoisotopic (exact) mass is 390 g/mol. The Morgan fingerprint density at radius 3 is 2.57 bits per heavy atom. The van der Waals surface area contributed by atoms with Crippen LogP contribution in [-0.2, 0) is 6.54 Å². The van der Waals surface area contributed by atoms with Gasteiger partial charge in [-0.25, -0.2) is 0 Å². The maximum Gasteiger partial charge on any atom is 0.276 e. The third-order valence-corrected chi connectivity index (χ3v) is 6.42. The molecule has 3 heterocycles. The number of hydrogen-bond acceptors (Lipinski definition) is 5. The van der Waals surface area contributed by atoms with Crippen LogP contribution in [0, 0.1) is 5.92 Å². The van der Waals surface area contributed by atoms with Crippen molar-refractivity contribution in [3.63, 3.8) is 0 Å². The second-order valence-electron chi connectivity index (χ2n) is 8.38. The summed E-state index contributed by atoms with van der Waals surface area (Å²) in [4.78, 5) is 19.6. The van der Waals surface area contributed by atoms with Gasteiger partial charge in [0.05, 0.1) is 6.20 Å². The van der Waals surface area contributed by atoms with Crippen LogP contribution in [0.5, 0.6) is 0 Å². The molecule has 1 amide bonds. The first kappa shape index (κ1) is 21.2. The predicted molar refractivity (Wildman–Crippen MR) is 111 cm³/mol. The topological polar surface area (TPSA) is 57.5 Å². The Hall–Kier alpha value is -1.47. The molecule has 28 heavy (non-hydrogen) atoms. The number of likely N-dealkylation sites (tertiary alicyclic amines) is 2. The van der Waals surface area contributed by atoms with Crippen molar-refractivity contribution in [1.82, 2.24) is 29.7 Å². The highest BCUT2D eigenvalue weighted by atomic mass is 16.2. The van der Waals surface area contributed by atoms with Crippen LogP contribution < -0.4 is 0 Å². The van der Waals surface area contributed by atoms with E-state index in [4.69, 9.17) is 0 Å². The summed E-state index contributed by atoms with van der Waals surface area (Å²) in [6, 6.07) is 0.742. The Balaban J connectivity index is 1.51. The van der Waals surface area contributed by atoms with E-state index >= 15 is 0 Å². The summed E-state index contributed by atoms with van der Waals surface area (Å²) in [7, 11) is 0. The smallest absolute Gasteiger partial charge is 0.276 e. The molecule has 7 heteroatoms. The van der Waals surface area contributed by atoms with Crippen LogP contribution in [0.15, 0.2) is 6.20 Å². The molecule has 3 rings (SSSR count). The minimum absolute atomic E-state index is 0.0136. The van der Waals surface area contributed by atoms with Gasteiger partial charge in [0.15, 0.2) is 5.69 Å². The average molecular weight is 391 g/mol. The van der Waals surface area contributed by atoms with Crippen molar-refractivity contribution < 1.29 is 4.79 Å². The van der Waals surface area contributed by atoms with Crippen molar-refractivity contribution in [3.05, 3.63) is 11.9 Å². The van der Waals surface area contributed by atoms with E-state index in [1.807, 2.05) is 24.7 Å². The molecule has 158 valence electrons. The van der Waals surface area contributed by atoms with E-state index in [1.54, 1.807) is 4.90 Å². The lowest BCUT2D eigenvalue weighted by atomic mass is 9.94. The number of amides is 1. The van der Waals surface area contributed by atoms with Crippen molar-refractivity contribution in [2.45, 2.75) is 65.5 Å². The maximum absolute atomic E-state index is 12.4. The van der Waals surface area contributed by atoms with Crippen molar-refractivity contribution in [3.8, 4) is 0 Å². The van der Waals surface area contributed by atoms with Crippen LogP contribution in [0.4, 0.5) is 0 Å². The van der Waals surface area contributed by atoms with Crippen LogP contribution >= 0.6 is 0 Å². The van der Waals surface area contributed by atoms with E-state index < -0.39 is 0 Å². The Morgan fingerprint density at radius 1 is 1.14 bits per heavy atom. The third-order valence-electron chi connectivity index (χ3n) is 6.42. The van der Waals surface area contributed by atoms with Gasteiger partial charge in [-0.2, -0.15) is 0 Å². The minimum atomic E-state index is -0.0136. The van der Waals surface area contributed by atoms with Gasteiger partial charge in [-0.1, -0.05) is 12.1 Å². The van der Waals surface area contributed by atoms with Gasteiger partial charge < -0.3 is 9.80 Å². The second-order valence-corrected chi connectivity index (χ2v) is 8.38. The molecule has 0 radical (unpaired) electrons. The number of nitrogens with zero attached hydrogens (tertiary/aromatic N) is 6. The fourth-order valence-corrected chi connectivity index (χ4v) is 4.83. The molecule has 0 aromatic carbocycles. The zero-order chi connectivity index (χ0) is 19.9. The van der Waals surface area contributed by atoms with Gasteiger partial charge in [-0.3, -0.25) is 14.4 Å². The van der Waals surface area contributed by atoms with Crippen molar-refractivity contribution >= 4 is 5.91 Å². The van der Waals surface area contributed by atoms with E-state index in [0.717, 1.165) is 19.1 Å². The standard InChI is InChI=1S/C21H38N6O/c1-4-11-24-13-9-19(10-14-24)26-12-7-8-18(15-26)16-27-17-20(22-23-27)21(28)25(5-2)6-3/h17-19H,4-16H2,1-3H3/t18-/m0/s1. The summed E-state index contributed by atoms with van der Waals surface area (Å²) in [5.74, 6) is 0.584. The summed E-state index contributed by atoms with van der Waals surface area (Å²) >= 11 is 0. The number of hydrogen-bond donors (Lipinski definition) is 0. The lowest BCUT2D eigenvalue weighted by molar-refractivity contribution is 0.0664. The number of piperidine rings is 2. The highest BCUT2D eigenvalue weighted by Crippen LogP contribution is 2.24. The lowest BCUT2D eigenvalue weighted by Crippen LogP contribution is -2.49. The predicted octanol–water partition coefficient (Wildman–Crippen LogP) is 2.35. The number of rotatable bonds is 8. The van der Waals surface area contributed by atoms with Gasteiger partial charge in [-0.05, 0) is 78.0 Å². The molecular weight excluding hydrogens is 352 g/mol. The molecule has 0 N–H and O–H groups in total. The fourth-order valence-electron chi connectivity index (χ4n) is 4.83. The molecule has 1 aromatic heterocycles. The van der Waals surface area contributed by atoms with Crippen molar-refractivity contribution in [2.24, 2.45) is 5.92 Å². The molecule has 0 bridgehead atoms. The third kappa shape index (κ3) is 5.32. The van der Waals surface area contributed by atoms with Crippen LogP contribution in [0.1, 0.15) is 63.4 Å². The first-order valence-electron chi connectivity index (χ1n) is 11.3. The summed E-state index contributed by atoms with van der Waals surface area (Å²) < 4.78 is 1.88. The molecule has 2 fully saturated rings. The van der Waals surface area contributed by atoms with Gasteiger partial charge in [0.1, 0.15) is 0 Å². The van der Waals surface area contributed by atoms with E-state index in [-0.39, 0.29) is 5.91 Å². The summed E-state index contributed by atoms with van der Waals surface area (Å²) in [6.45, 7) is 14.7. The quantitative estimate of drug-likeness (QED) is 0.682. The fraction of sp³-hybridized carbons (Fsp3) is 0.857. The number of carbonyl (C=O) groups excluding carboxylic acids is 1. The lowest BCUT2D eigenvalue weighted by Gasteiger charge is -2.42. The largest absolute Gasteiger partial charge is 0.338 e. The van der Waals surface area contributed by atoms with E-state index in [1.165, 1.54) is 58.3 Å². The molecule has 0 aliphatic carbocycles. The molecule has 2 aliphatic heterocycles. The maximum atomic E-state index is 12.4. The summed E-state index contributed by atoms with van der Waals surface area (Å²) in [5, 5.41) is 8.38. The molecular formula is C21H38N6O. The average Bonchev–Trinajstić information content (AvgIpc) is 3.18.